The van der Waals surface area contributed by atoms with Gasteiger partial charge in [0.2, 0.25) is 5.95 Å². The van der Waals surface area contributed by atoms with E-state index in [1.165, 1.54) is 0 Å². The summed E-state index contributed by atoms with van der Waals surface area (Å²) in [6, 6.07) is 1.47. The Kier molecular flexibility index (Phi) is 5.24. The zero-order chi connectivity index (χ0) is 18.0. The van der Waals surface area contributed by atoms with E-state index in [0.717, 1.165) is 19.4 Å². The lowest BCUT2D eigenvalue weighted by atomic mass is 10.2. The minimum atomic E-state index is -2.99. The molecule has 8 nitrogen and oxygen atoms in total. The van der Waals surface area contributed by atoms with Crippen LogP contribution in [0.1, 0.15) is 35.4 Å². The van der Waals surface area contributed by atoms with E-state index in [4.69, 9.17) is 4.74 Å². The second-order valence-electron chi connectivity index (χ2n) is 6.71. The zero-order valence-corrected chi connectivity index (χ0v) is 15.4. The molecule has 2 unspecified atom stereocenters. The van der Waals surface area contributed by atoms with E-state index in [9.17, 15) is 13.2 Å². The van der Waals surface area contributed by atoms with Gasteiger partial charge in [-0.25, -0.2) is 18.4 Å². The third-order valence-corrected chi connectivity index (χ3v) is 6.41. The maximum absolute atomic E-state index is 12.4. The first-order chi connectivity index (χ1) is 11.8. The molecule has 1 amide bonds. The van der Waals surface area contributed by atoms with E-state index in [-0.39, 0.29) is 35.3 Å². The van der Waals surface area contributed by atoms with Crippen molar-refractivity contribution in [3.63, 3.8) is 0 Å². The molecule has 0 aromatic carbocycles. The van der Waals surface area contributed by atoms with Crippen LogP contribution in [0.4, 0.5) is 5.95 Å². The second kappa shape index (κ2) is 7.25. The Balaban J connectivity index is 1.70. The van der Waals surface area contributed by atoms with E-state index in [2.05, 4.69) is 15.3 Å². The molecule has 2 aliphatic rings. The molecule has 0 radical (unpaired) electrons. The molecule has 3 rings (SSSR count). The lowest BCUT2D eigenvalue weighted by Crippen LogP contribution is -2.35. The Morgan fingerprint density at radius 1 is 1.40 bits per heavy atom. The van der Waals surface area contributed by atoms with Crippen molar-refractivity contribution in [2.45, 2.75) is 38.3 Å². The van der Waals surface area contributed by atoms with Gasteiger partial charge in [0.05, 0.1) is 17.6 Å². The number of rotatable bonds is 5. The summed E-state index contributed by atoms with van der Waals surface area (Å²) in [4.78, 5) is 22.8. The van der Waals surface area contributed by atoms with E-state index in [1.807, 2.05) is 0 Å². The SMILES string of the molecule is Cc1cc(C(=O)NCC2CCCO2)nc(N(C)C2CCS(=O)(=O)C2)n1. The van der Waals surface area contributed by atoms with Crippen LogP contribution in [0.25, 0.3) is 0 Å². The van der Waals surface area contributed by atoms with Gasteiger partial charge in [0, 0.05) is 31.9 Å². The number of carbonyl (C=O) groups is 1. The maximum atomic E-state index is 12.4. The van der Waals surface area contributed by atoms with Gasteiger partial charge in [-0.15, -0.1) is 0 Å². The average molecular weight is 368 g/mol. The summed E-state index contributed by atoms with van der Waals surface area (Å²) in [6.45, 7) is 3.00. The van der Waals surface area contributed by atoms with Gasteiger partial charge in [0.25, 0.3) is 5.91 Å². The summed E-state index contributed by atoms with van der Waals surface area (Å²) in [7, 11) is -1.22. The smallest absolute Gasteiger partial charge is 0.270 e. The van der Waals surface area contributed by atoms with Crippen molar-refractivity contribution in [3.8, 4) is 0 Å². The molecule has 0 spiro atoms. The first kappa shape index (κ1) is 18.1. The minimum absolute atomic E-state index is 0.0673. The number of carbonyl (C=O) groups excluding carboxylic acids is 1. The molecule has 2 aliphatic heterocycles. The standard InChI is InChI=1S/C16H24N4O4S/c1-11-8-14(15(21)17-9-13-4-3-6-24-13)19-16(18-11)20(2)12-5-7-25(22,23)10-12/h8,12-13H,3-7,9-10H2,1-2H3,(H,17,21). The highest BCUT2D eigenvalue weighted by molar-refractivity contribution is 7.91. The number of aromatic nitrogens is 2. The lowest BCUT2D eigenvalue weighted by Gasteiger charge is -2.24. The molecule has 2 atom stereocenters. The van der Waals surface area contributed by atoms with E-state index in [1.54, 1.807) is 24.9 Å². The normalized spacial score (nSPS) is 25.0. The number of anilines is 1. The van der Waals surface area contributed by atoms with E-state index >= 15 is 0 Å². The van der Waals surface area contributed by atoms with Gasteiger partial charge in [-0.05, 0) is 32.3 Å². The third kappa shape index (κ3) is 4.46. The van der Waals surface area contributed by atoms with Crippen LogP contribution >= 0.6 is 0 Å². The summed E-state index contributed by atoms with van der Waals surface area (Å²) in [6.07, 6.45) is 2.59. The van der Waals surface area contributed by atoms with E-state index in [0.29, 0.717) is 24.6 Å². The van der Waals surface area contributed by atoms with Crippen LogP contribution in [0.5, 0.6) is 0 Å². The number of aryl methyl sites for hydroxylation is 1. The summed E-state index contributed by atoms with van der Waals surface area (Å²) in [5.41, 5.74) is 0.952. The van der Waals surface area contributed by atoms with Crippen LogP contribution in [0, 0.1) is 6.92 Å². The average Bonchev–Trinajstić information content (AvgIpc) is 3.20. The number of hydrogen-bond donors (Lipinski definition) is 1. The lowest BCUT2D eigenvalue weighted by molar-refractivity contribution is 0.0853. The predicted molar refractivity (Wildman–Crippen MR) is 93.5 cm³/mol. The van der Waals surface area contributed by atoms with Crippen molar-refractivity contribution in [3.05, 3.63) is 17.5 Å². The Bertz CT molecular complexity index is 747. The number of hydrogen-bond acceptors (Lipinski definition) is 7. The summed E-state index contributed by atoms with van der Waals surface area (Å²) >= 11 is 0. The maximum Gasteiger partial charge on any atom is 0.270 e. The molecule has 2 saturated heterocycles. The molecule has 1 N–H and O–H groups in total. The second-order valence-corrected chi connectivity index (χ2v) is 8.94. The molecule has 1 aromatic rings. The Morgan fingerprint density at radius 2 is 2.20 bits per heavy atom. The fourth-order valence-corrected chi connectivity index (χ4v) is 4.95. The van der Waals surface area contributed by atoms with Gasteiger partial charge in [0.15, 0.2) is 9.84 Å². The summed E-state index contributed by atoms with van der Waals surface area (Å²) < 4.78 is 28.9. The summed E-state index contributed by atoms with van der Waals surface area (Å²) in [5, 5.41) is 2.85. The van der Waals surface area contributed by atoms with Gasteiger partial charge in [-0.1, -0.05) is 0 Å². The highest BCUT2D eigenvalue weighted by atomic mass is 32.2. The molecule has 2 fully saturated rings. The summed E-state index contributed by atoms with van der Waals surface area (Å²) in [5.74, 6) is 0.392. The van der Waals surface area contributed by atoms with Crippen LogP contribution in [-0.2, 0) is 14.6 Å². The van der Waals surface area contributed by atoms with Crippen LogP contribution in [0.2, 0.25) is 0 Å². The van der Waals surface area contributed by atoms with Gasteiger partial charge in [-0.2, -0.15) is 0 Å². The molecular weight excluding hydrogens is 344 g/mol. The van der Waals surface area contributed by atoms with Gasteiger partial charge in [0.1, 0.15) is 5.69 Å². The third-order valence-electron chi connectivity index (χ3n) is 4.66. The Morgan fingerprint density at radius 3 is 2.84 bits per heavy atom. The van der Waals surface area contributed by atoms with Crippen LogP contribution in [-0.4, -0.2) is 68.1 Å². The van der Waals surface area contributed by atoms with Crippen LogP contribution < -0.4 is 10.2 Å². The number of nitrogens with zero attached hydrogens (tertiary/aromatic N) is 3. The Labute approximate surface area is 147 Å². The topological polar surface area (TPSA) is 101 Å². The number of sulfone groups is 1. The first-order valence-corrected chi connectivity index (χ1v) is 10.3. The zero-order valence-electron chi connectivity index (χ0n) is 14.6. The van der Waals surface area contributed by atoms with Crippen molar-refractivity contribution >= 4 is 21.7 Å². The molecular formula is C16H24N4O4S. The molecule has 3 heterocycles. The Hall–Kier alpha value is -1.74. The first-order valence-electron chi connectivity index (χ1n) is 8.53. The van der Waals surface area contributed by atoms with Gasteiger partial charge >= 0.3 is 0 Å². The molecule has 0 aliphatic carbocycles. The molecule has 0 saturated carbocycles. The highest BCUT2D eigenvalue weighted by Crippen LogP contribution is 2.21. The van der Waals surface area contributed by atoms with Gasteiger partial charge in [-0.3, -0.25) is 4.79 Å². The molecule has 138 valence electrons. The van der Waals surface area contributed by atoms with Gasteiger partial charge < -0.3 is 15.0 Å². The fourth-order valence-electron chi connectivity index (χ4n) is 3.17. The number of amides is 1. The molecule has 25 heavy (non-hydrogen) atoms. The molecule has 9 heteroatoms. The highest BCUT2D eigenvalue weighted by Gasteiger charge is 2.32. The van der Waals surface area contributed by atoms with E-state index < -0.39 is 9.84 Å². The van der Waals surface area contributed by atoms with Crippen LogP contribution in [0.15, 0.2) is 6.07 Å². The number of ether oxygens (including phenoxy) is 1. The largest absolute Gasteiger partial charge is 0.376 e. The van der Waals surface area contributed by atoms with Crippen molar-refractivity contribution in [2.24, 2.45) is 0 Å². The fraction of sp³-hybridized carbons (Fsp3) is 0.688. The van der Waals surface area contributed by atoms with Crippen molar-refractivity contribution in [1.82, 2.24) is 15.3 Å². The van der Waals surface area contributed by atoms with Crippen LogP contribution in [0.3, 0.4) is 0 Å². The quantitative estimate of drug-likeness (QED) is 0.798. The molecule has 0 bridgehead atoms. The van der Waals surface area contributed by atoms with Crippen molar-refractivity contribution in [1.29, 1.82) is 0 Å². The minimum Gasteiger partial charge on any atom is -0.376 e. The predicted octanol–water partition coefficient (Wildman–Crippen LogP) is 0.317. The molecule has 1 aromatic heterocycles. The van der Waals surface area contributed by atoms with Crippen molar-refractivity contribution < 1.29 is 17.9 Å². The van der Waals surface area contributed by atoms with Crippen molar-refractivity contribution in [2.75, 3.05) is 36.6 Å². The monoisotopic (exact) mass is 368 g/mol. The number of nitrogens with one attached hydrogen (secondary N) is 1.